The van der Waals surface area contributed by atoms with Crippen molar-refractivity contribution in [1.82, 2.24) is 10.2 Å². The van der Waals surface area contributed by atoms with Gasteiger partial charge in [-0.3, -0.25) is 4.79 Å². The van der Waals surface area contributed by atoms with E-state index in [1.807, 2.05) is 11.9 Å². The molecule has 1 aromatic rings. The predicted molar refractivity (Wildman–Crippen MR) is 102 cm³/mol. The number of benzene rings is 1. The number of nitrogens with zero attached hydrogens (tertiary/aromatic N) is 1. The summed E-state index contributed by atoms with van der Waals surface area (Å²) in [6.45, 7) is 9.47. The molecule has 0 radical (unpaired) electrons. The predicted octanol–water partition coefficient (Wildman–Crippen LogP) is 3.57. The molecule has 1 unspecified atom stereocenters. The Bertz CT molecular complexity index is 499. The molecule has 1 saturated heterocycles. The minimum atomic E-state index is 0. The number of nitrogens with one attached hydrogen (secondary N) is 1. The Labute approximate surface area is 151 Å². The van der Waals surface area contributed by atoms with E-state index >= 15 is 0 Å². The number of amides is 1. The van der Waals surface area contributed by atoms with Crippen LogP contribution in [0, 0.1) is 5.92 Å². The topological polar surface area (TPSA) is 32.3 Å². The summed E-state index contributed by atoms with van der Waals surface area (Å²) in [5.74, 6) is 1.43. The van der Waals surface area contributed by atoms with Gasteiger partial charge in [-0.1, -0.05) is 32.9 Å². The Balaban J connectivity index is 0.00000264. The Hall–Kier alpha value is -0.710. The van der Waals surface area contributed by atoms with Crippen molar-refractivity contribution in [3.8, 4) is 0 Å². The highest BCUT2D eigenvalue weighted by Gasteiger charge is 2.25. The molecule has 130 valence electrons. The normalized spacial score (nSPS) is 17.9. The number of carbonyl (C=O) groups is 1. The summed E-state index contributed by atoms with van der Waals surface area (Å²) >= 11 is 1.64. The van der Waals surface area contributed by atoms with Crippen LogP contribution in [0.3, 0.4) is 0 Å². The van der Waals surface area contributed by atoms with E-state index < -0.39 is 0 Å². The van der Waals surface area contributed by atoms with Crippen LogP contribution in [-0.4, -0.2) is 43.2 Å². The fourth-order valence-corrected chi connectivity index (χ4v) is 3.60. The fraction of sp³-hybridized carbons (Fsp3) is 0.611. The molecule has 1 N–H and O–H groups in total. The second-order valence-electron chi connectivity index (χ2n) is 7.12. The van der Waals surface area contributed by atoms with Crippen molar-refractivity contribution in [2.45, 2.75) is 37.5 Å². The van der Waals surface area contributed by atoms with Crippen LogP contribution in [-0.2, 0) is 10.2 Å². The van der Waals surface area contributed by atoms with E-state index in [-0.39, 0.29) is 23.7 Å². The highest BCUT2D eigenvalue weighted by atomic mass is 35.5. The summed E-state index contributed by atoms with van der Waals surface area (Å²) in [7, 11) is 1.97. The van der Waals surface area contributed by atoms with Gasteiger partial charge in [0.2, 0.25) is 5.91 Å². The van der Waals surface area contributed by atoms with Crippen LogP contribution < -0.4 is 5.32 Å². The second kappa shape index (κ2) is 8.95. The van der Waals surface area contributed by atoms with Gasteiger partial charge in [-0.25, -0.2) is 0 Å². The van der Waals surface area contributed by atoms with Crippen molar-refractivity contribution in [3.05, 3.63) is 29.8 Å². The third kappa shape index (κ3) is 6.02. The van der Waals surface area contributed by atoms with Crippen molar-refractivity contribution in [3.63, 3.8) is 0 Å². The molecule has 2 rings (SSSR count). The third-order valence-electron chi connectivity index (χ3n) is 4.21. The van der Waals surface area contributed by atoms with Gasteiger partial charge in [0.25, 0.3) is 0 Å². The van der Waals surface area contributed by atoms with Gasteiger partial charge in [-0.15, -0.1) is 24.2 Å². The van der Waals surface area contributed by atoms with Gasteiger partial charge in [0, 0.05) is 18.0 Å². The molecule has 0 bridgehead atoms. The maximum atomic E-state index is 12.3. The molecular weight excluding hydrogens is 328 g/mol. The quantitative estimate of drug-likeness (QED) is 0.818. The molecule has 1 heterocycles. The Morgan fingerprint density at radius 1 is 1.30 bits per heavy atom. The van der Waals surface area contributed by atoms with Crippen molar-refractivity contribution in [1.29, 1.82) is 0 Å². The second-order valence-corrected chi connectivity index (χ2v) is 8.16. The van der Waals surface area contributed by atoms with Crippen molar-refractivity contribution in [2.75, 3.05) is 32.4 Å². The zero-order valence-corrected chi connectivity index (χ0v) is 16.2. The van der Waals surface area contributed by atoms with E-state index in [0.717, 1.165) is 26.1 Å². The van der Waals surface area contributed by atoms with E-state index in [4.69, 9.17) is 0 Å². The molecule has 23 heavy (non-hydrogen) atoms. The molecule has 0 aromatic heterocycles. The average Bonchev–Trinajstić information content (AvgIpc) is 2.93. The first-order chi connectivity index (χ1) is 10.4. The first-order valence-electron chi connectivity index (χ1n) is 8.06. The largest absolute Gasteiger partial charge is 0.342 e. The molecule has 0 spiro atoms. The monoisotopic (exact) mass is 356 g/mol. The number of hydrogen-bond acceptors (Lipinski definition) is 3. The number of rotatable bonds is 5. The third-order valence-corrected chi connectivity index (χ3v) is 5.21. The van der Waals surface area contributed by atoms with Crippen molar-refractivity contribution < 1.29 is 4.79 Å². The molecule has 1 amide bonds. The summed E-state index contributed by atoms with van der Waals surface area (Å²) in [5, 5.41) is 3.20. The minimum Gasteiger partial charge on any atom is -0.342 e. The van der Waals surface area contributed by atoms with Gasteiger partial charge in [0.1, 0.15) is 0 Å². The molecule has 1 aliphatic rings. The molecule has 1 aromatic carbocycles. The summed E-state index contributed by atoms with van der Waals surface area (Å²) in [6.07, 6.45) is 1.12. The van der Waals surface area contributed by atoms with Crippen molar-refractivity contribution >= 4 is 30.1 Å². The van der Waals surface area contributed by atoms with Gasteiger partial charge in [0.15, 0.2) is 0 Å². The molecule has 3 nitrogen and oxygen atoms in total. The molecule has 0 aliphatic carbocycles. The van der Waals surface area contributed by atoms with Gasteiger partial charge in [0.05, 0.1) is 5.75 Å². The Morgan fingerprint density at radius 2 is 1.96 bits per heavy atom. The Kier molecular flexibility index (Phi) is 7.91. The van der Waals surface area contributed by atoms with E-state index in [2.05, 4.69) is 50.4 Å². The highest BCUT2D eigenvalue weighted by Crippen LogP contribution is 2.26. The van der Waals surface area contributed by atoms with Crippen LogP contribution in [0.15, 0.2) is 29.2 Å². The first-order valence-corrected chi connectivity index (χ1v) is 9.04. The molecule has 1 aliphatic heterocycles. The van der Waals surface area contributed by atoms with Crippen molar-refractivity contribution in [2.24, 2.45) is 5.92 Å². The molecule has 1 fully saturated rings. The van der Waals surface area contributed by atoms with Crippen LogP contribution in [0.4, 0.5) is 0 Å². The highest BCUT2D eigenvalue weighted by molar-refractivity contribution is 8.00. The summed E-state index contributed by atoms with van der Waals surface area (Å²) in [4.78, 5) is 15.5. The smallest absolute Gasteiger partial charge is 0.232 e. The number of carbonyl (C=O) groups excluding carboxylic acids is 1. The number of halogens is 1. The fourth-order valence-electron chi connectivity index (χ4n) is 2.80. The summed E-state index contributed by atoms with van der Waals surface area (Å²) in [6, 6.07) is 8.61. The van der Waals surface area contributed by atoms with Gasteiger partial charge in [-0.05, 0) is 49.0 Å². The lowest BCUT2D eigenvalue weighted by molar-refractivity contribution is -0.127. The lowest BCUT2D eigenvalue weighted by Gasteiger charge is -2.19. The lowest BCUT2D eigenvalue weighted by atomic mass is 9.87. The zero-order chi connectivity index (χ0) is 16.2. The minimum absolute atomic E-state index is 0. The van der Waals surface area contributed by atoms with Gasteiger partial charge >= 0.3 is 0 Å². The van der Waals surface area contributed by atoms with Gasteiger partial charge < -0.3 is 10.2 Å². The Morgan fingerprint density at radius 3 is 2.52 bits per heavy atom. The molecular formula is C18H29ClN2OS. The van der Waals surface area contributed by atoms with E-state index in [9.17, 15) is 4.79 Å². The standard InChI is InChI=1S/C18H28N2OS.ClH/c1-18(2,3)15-5-7-16(8-6-15)22-13-17(21)20-10-9-14(12-20)11-19-4;/h5-8,14,19H,9-13H2,1-4H3;1H. The summed E-state index contributed by atoms with van der Waals surface area (Å²) < 4.78 is 0. The number of hydrogen-bond donors (Lipinski definition) is 1. The maximum Gasteiger partial charge on any atom is 0.232 e. The van der Waals surface area contributed by atoms with Crippen LogP contribution in [0.1, 0.15) is 32.8 Å². The van der Waals surface area contributed by atoms with Crippen LogP contribution in [0.2, 0.25) is 0 Å². The summed E-state index contributed by atoms with van der Waals surface area (Å²) in [5.41, 5.74) is 1.51. The zero-order valence-electron chi connectivity index (χ0n) is 14.6. The van der Waals surface area contributed by atoms with Crippen LogP contribution in [0.5, 0.6) is 0 Å². The van der Waals surface area contributed by atoms with E-state index in [1.54, 1.807) is 11.8 Å². The average molecular weight is 357 g/mol. The van der Waals surface area contributed by atoms with E-state index in [0.29, 0.717) is 11.7 Å². The van der Waals surface area contributed by atoms with E-state index in [1.165, 1.54) is 10.5 Å². The molecule has 0 saturated carbocycles. The number of thioether (sulfide) groups is 1. The van der Waals surface area contributed by atoms with Crippen LogP contribution in [0.25, 0.3) is 0 Å². The first kappa shape index (κ1) is 20.3. The SMILES string of the molecule is CNCC1CCN(C(=O)CSc2ccc(C(C)(C)C)cc2)C1.Cl. The van der Waals surface area contributed by atoms with Gasteiger partial charge in [-0.2, -0.15) is 0 Å². The molecule has 1 atom stereocenters. The maximum absolute atomic E-state index is 12.3. The number of likely N-dealkylation sites (tertiary alicyclic amines) is 1. The molecule has 5 heteroatoms. The lowest BCUT2D eigenvalue weighted by Crippen LogP contribution is -2.31. The van der Waals surface area contributed by atoms with Crippen LogP contribution >= 0.6 is 24.2 Å².